The number of hydrogen-bond donors (Lipinski definition) is 1. The molecule has 0 spiro atoms. The predicted molar refractivity (Wildman–Crippen MR) is 96.0 cm³/mol. The van der Waals surface area contributed by atoms with Crippen molar-refractivity contribution in [1.29, 1.82) is 0 Å². The van der Waals surface area contributed by atoms with Crippen molar-refractivity contribution in [2.45, 2.75) is 51.0 Å². The molecule has 0 aromatic carbocycles. The Kier molecular flexibility index (Phi) is 5.19. The van der Waals surface area contributed by atoms with Crippen molar-refractivity contribution in [3.8, 4) is 0 Å². The predicted octanol–water partition coefficient (Wildman–Crippen LogP) is 2.22. The Morgan fingerprint density at radius 2 is 1.58 bits per heavy atom. The maximum Gasteiger partial charge on any atom is 0.0900 e. The Labute approximate surface area is 147 Å². The second kappa shape index (κ2) is 7.22. The molecule has 5 fully saturated rings. The summed E-state index contributed by atoms with van der Waals surface area (Å²) in [5, 5.41) is 10.2. The van der Waals surface area contributed by atoms with Gasteiger partial charge in [-0.1, -0.05) is 0 Å². The first kappa shape index (κ1) is 17.3. The van der Waals surface area contributed by atoms with Crippen molar-refractivity contribution in [3.05, 3.63) is 0 Å². The van der Waals surface area contributed by atoms with Crippen molar-refractivity contribution in [1.82, 2.24) is 9.80 Å². The monoisotopic (exact) mass is 336 g/mol. The van der Waals surface area contributed by atoms with Crippen molar-refractivity contribution in [2.24, 2.45) is 23.2 Å². The van der Waals surface area contributed by atoms with Crippen LogP contribution in [-0.2, 0) is 4.74 Å². The largest absolute Gasteiger partial charge is 0.389 e. The van der Waals surface area contributed by atoms with Crippen molar-refractivity contribution < 1.29 is 9.84 Å². The van der Waals surface area contributed by atoms with Crippen LogP contribution < -0.4 is 0 Å². The summed E-state index contributed by atoms with van der Waals surface area (Å²) in [6.07, 6.45) is 9.85. The zero-order valence-corrected chi connectivity index (χ0v) is 15.5. The van der Waals surface area contributed by atoms with Crippen LogP contribution in [0, 0.1) is 23.2 Å². The Hall–Kier alpha value is -0.160. The fraction of sp³-hybridized carbons (Fsp3) is 1.00. The van der Waals surface area contributed by atoms with Gasteiger partial charge in [0.1, 0.15) is 0 Å². The molecule has 4 aliphatic carbocycles. The normalized spacial score (nSPS) is 41.0. The van der Waals surface area contributed by atoms with Gasteiger partial charge in [-0.15, -0.1) is 0 Å². The molecule has 4 bridgehead atoms. The van der Waals surface area contributed by atoms with Crippen LogP contribution in [0.2, 0.25) is 0 Å². The number of piperazine rings is 1. The van der Waals surface area contributed by atoms with E-state index in [4.69, 9.17) is 4.74 Å². The van der Waals surface area contributed by atoms with Crippen LogP contribution in [0.3, 0.4) is 0 Å². The Morgan fingerprint density at radius 1 is 1.00 bits per heavy atom. The van der Waals surface area contributed by atoms with Gasteiger partial charge in [0.25, 0.3) is 0 Å². The summed E-state index contributed by atoms with van der Waals surface area (Å²) in [4.78, 5) is 4.72. The second-order valence-corrected chi connectivity index (χ2v) is 9.50. The molecule has 1 saturated heterocycles. The smallest absolute Gasteiger partial charge is 0.0900 e. The van der Waals surface area contributed by atoms with E-state index in [2.05, 4.69) is 16.8 Å². The van der Waals surface area contributed by atoms with Crippen LogP contribution in [0.5, 0.6) is 0 Å². The molecule has 1 unspecified atom stereocenters. The molecule has 5 rings (SSSR count). The minimum absolute atomic E-state index is 0.329. The van der Waals surface area contributed by atoms with Gasteiger partial charge in [-0.05, 0) is 75.2 Å². The first-order valence-electron chi connectivity index (χ1n) is 10.3. The van der Waals surface area contributed by atoms with Crippen LogP contribution in [-0.4, -0.2) is 74.0 Å². The summed E-state index contributed by atoms with van der Waals surface area (Å²) in [7, 11) is 2.17. The van der Waals surface area contributed by atoms with E-state index in [9.17, 15) is 5.11 Å². The number of hydrogen-bond acceptors (Lipinski definition) is 4. The highest BCUT2D eigenvalue weighted by Gasteiger charge is 2.50. The van der Waals surface area contributed by atoms with Gasteiger partial charge in [0.15, 0.2) is 0 Å². The molecule has 0 radical (unpaired) electrons. The molecule has 4 nitrogen and oxygen atoms in total. The summed E-state index contributed by atoms with van der Waals surface area (Å²) < 4.78 is 5.91. The zero-order chi connectivity index (χ0) is 16.6. The molecule has 0 amide bonds. The molecule has 24 heavy (non-hydrogen) atoms. The number of likely N-dealkylation sites (N-methyl/N-ethyl adjacent to an activating group) is 1. The molecular formula is C20H36N2O2. The second-order valence-electron chi connectivity index (χ2n) is 9.50. The molecule has 4 heteroatoms. The van der Waals surface area contributed by atoms with Gasteiger partial charge in [-0.3, -0.25) is 4.90 Å². The molecule has 1 N–H and O–H groups in total. The molecule has 1 aliphatic heterocycles. The maximum atomic E-state index is 10.2. The fourth-order valence-corrected chi connectivity index (χ4v) is 6.49. The van der Waals surface area contributed by atoms with E-state index in [-0.39, 0.29) is 6.10 Å². The minimum Gasteiger partial charge on any atom is -0.389 e. The molecule has 0 aromatic rings. The third-order valence-electron chi connectivity index (χ3n) is 7.32. The minimum atomic E-state index is -0.329. The van der Waals surface area contributed by atoms with Crippen LogP contribution in [0.4, 0.5) is 0 Å². The van der Waals surface area contributed by atoms with Crippen LogP contribution in [0.1, 0.15) is 44.9 Å². The van der Waals surface area contributed by atoms with Gasteiger partial charge >= 0.3 is 0 Å². The van der Waals surface area contributed by atoms with E-state index in [1.165, 1.54) is 44.9 Å². The standard InChI is InChI=1S/C20H36N2O2/c1-21-3-5-22(6-4-21)14-19(23)15-24-7-2-20-11-16-8-17(12-20)10-18(9-16)13-20/h16-19,23H,2-15H2,1H3. The van der Waals surface area contributed by atoms with Gasteiger partial charge in [0, 0.05) is 39.3 Å². The van der Waals surface area contributed by atoms with Crippen LogP contribution in [0.15, 0.2) is 0 Å². The number of ether oxygens (including phenoxy) is 1. The van der Waals surface area contributed by atoms with E-state index in [1.807, 2.05) is 0 Å². The number of β-amino-alcohol motifs (C(OH)–C–C–N with tert-alkyl or cyclic N) is 1. The van der Waals surface area contributed by atoms with E-state index >= 15 is 0 Å². The molecule has 138 valence electrons. The SMILES string of the molecule is CN1CCN(CC(O)COCCC23CC4CC(CC(C4)C2)C3)CC1. The highest BCUT2D eigenvalue weighted by Crippen LogP contribution is 2.61. The third kappa shape index (κ3) is 3.98. The summed E-state index contributed by atoms with van der Waals surface area (Å²) in [6.45, 7) is 6.50. The summed E-state index contributed by atoms with van der Waals surface area (Å²) in [5.74, 6) is 3.08. The summed E-state index contributed by atoms with van der Waals surface area (Å²) in [5.41, 5.74) is 0.608. The Morgan fingerprint density at radius 3 is 2.17 bits per heavy atom. The lowest BCUT2D eigenvalue weighted by molar-refractivity contribution is -0.0743. The topological polar surface area (TPSA) is 35.9 Å². The molecule has 0 aromatic heterocycles. The quantitative estimate of drug-likeness (QED) is 0.723. The van der Waals surface area contributed by atoms with Crippen LogP contribution >= 0.6 is 0 Å². The summed E-state index contributed by atoms with van der Waals surface area (Å²) >= 11 is 0. The van der Waals surface area contributed by atoms with Gasteiger partial charge in [0.2, 0.25) is 0 Å². The van der Waals surface area contributed by atoms with Crippen LogP contribution in [0.25, 0.3) is 0 Å². The number of rotatable bonds is 7. The lowest BCUT2D eigenvalue weighted by atomic mass is 9.49. The molecule has 1 heterocycles. The van der Waals surface area contributed by atoms with Crippen molar-refractivity contribution >= 4 is 0 Å². The average Bonchev–Trinajstić information content (AvgIpc) is 2.53. The maximum absolute atomic E-state index is 10.2. The van der Waals surface area contributed by atoms with E-state index in [0.29, 0.717) is 12.0 Å². The van der Waals surface area contributed by atoms with Gasteiger partial charge in [-0.2, -0.15) is 0 Å². The first-order valence-corrected chi connectivity index (χ1v) is 10.3. The zero-order valence-electron chi connectivity index (χ0n) is 15.5. The van der Waals surface area contributed by atoms with E-state index < -0.39 is 0 Å². The third-order valence-corrected chi connectivity index (χ3v) is 7.32. The van der Waals surface area contributed by atoms with E-state index in [0.717, 1.165) is 57.1 Å². The first-order chi connectivity index (χ1) is 11.6. The van der Waals surface area contributed by atoms with Crippen molar-refractivity contribution in [3.63, 3.8) is 0 Å². The number of aliphatic hydroxyl groups excluding tert-OH is 1. The Balaban J connectivity index is 1.14. The highest BCUT2D eigenvalue weighted by atomic mass is 16.5. The Bertz CT molecular complexity index is 385. The molecule has 1 atom stereocenters. The molecular weight excluding hydrogens is 300 g/mol. The molecule has 5 aliphatic rings. The fourth-order valence-electron chi connectivity index (χ4n) is 6.49. The van der Waals surface area contributed by atoms with Gasteiger partial charge in [-0.25, -0.2) is 0 Å². The van der Waals surface area contributed by atoms with Gasteiger partial charge < -0.3 is 14.7 Å². The lowest BCUT2D eigenvalue weighted by Crippen LogP contribution is -2.48. The average molecular weight is 337 g/mol. The molecule has 4 saturated carbocycles. The van der Waals surface area contributed by atoms with E-state index in [1.54, 1.807) is 0 Å². The van der Waals surface area contributed by atoms with Gasteiger partial charge in [0.05, 0.1) is 12.7 Å². The number of nitrogens with zero attached hydrogens (tertiary/aromatic N) is 2. The van der Waals surface area contributed by atoms with Crippen molar-refractivity contribution in [2.75, 3.05) is 53.0 Å². The number of aliphatic hydroxyl groups is 1. The lowest BCUT2D eigenvalue weighted by Gasteiger charge is -2.57. The summed E-state index contributed by atoms with van der Waals surface area (Å²) in [6, 6.07) is 0. The highest BCUT2D eigenvalue weighted by molar-refractivity contribution is 5.01.